The fraction of sp³-hybridized carbons (Fsp3) is 0.455. The quantitative estimate of drug-likeness (QED) is 0.909. The van der Waals surface area contributed by atoms with Crippen molar-refractivity contribution in [3.63, 3.8) is 0 Å². The average molecular weight is 321 g/mol. The van der Waals surface area contributed by atoms with Crippen molar-refractivity contribution in [3.05, 3.63) is 71.3 Å². The maximum Gasteiger partial charge on any atom is 0.0926 e. The first-order chi connectivity index (χ1) is 11.7. The third-order valence-corrected chi connectivity index (χ3v) is 6.03. The Bertz CT molecular complexity index is 665. The topological polar surface area (TPSA) is 23.5 Å². The molecule has 2 heteroatoms. The van der Waals surface area contributed by atoms with Gasteiger partial charge in [0, 0.05) is 18.6 Å². The number of hydrogen-bond donors (Lipinski definition) is 1. The largest absolute Gasteiger partial charge is 0.385 e. The van der Waals surface area contributed by atoms with Crippen LogP contribution in [0.1, 0.15) is 49.3 Å². The molecule has 2 heterocycles. The zero-order chi connectivity index (χ0) is 16.6. The molecule has 2 aromatic carbocycles. The fourth-order valence-electron chi connectivity index (χ4n) is 4.65. The SMILES string of the molecule is CCc1ccc(C2(O)CC3CCC(C2)N3Cc2ccccc2)cc1. The second-order valence-corrected chi connectivity index (χ2v) is 7.53. The van der Waals surface area contributed by atoms with Gasteiger partial charge in [-0.2, -0.15) is 0 Å². The predicted molar refractivity (Wildman–Crippen MR) is 97.7 cm³/mol. The summed E-state index contributed by atoms with van der Waals surface area (Å²) in [6, 6.07) is 20.4. The number of aliphatic hydroxyl groups is 1. The highest BCUT2D eigenvalue weighted by Gasteiger charge is 2.47. The molecule has 2 aliphatic heterocycles. The Hall–Kier alpha value is -1.64. The molecule has 24 heavy (non-hydrogen) atoms. The van der Waals surface area contributed by atoms with Gasteiger partial charge in [-0.15, -0.1) is 0 Å². The molecular weight excluding hydrogens is 294 g/mol. The van der Waals surface area contributed by atoms with Crippen molar-refractivity contribution in [2.75, 3.05) is 0 Å². The van der Waals surface area contributed by atoms with E-state index in [1.54, 1.807) is 0 Å². The van der Waals surface area contributed by atoms with Gasteiger partial charge in [-0.25, -0.2) is 0 Å². The highest BCUT2D eigenvalue weighted by Crippen LogP contribution is 2.46. The third-order valence-electron chi connectivity index (χ3n) is 6.03. The minimum atomic E-state index is -0.648. The van der Waals surface area contributed by atoms with Gasteiger partial charge in [0.1, 0.15) is 0 Å². The van der Waals surface area contributed by atoms with Crippen LogP contribution in [0.5, 0.6) is 0 Å². The van der Waals surface area contributed by atoms with Crippen LogP contribution in [0, 0.1) is 0 Å². The van der Waals surface area contributed by atoms with Crippen LogP contribution in [-0.2, 0) is 18.6 Å². The molecule has 2 aliphatic rings. The van der Waals surface area contributed by atoms with Crippen molar-refractivity contribution in [3.8, 4) is 0 Å². The summed E-state index contributed by atoms with van der Waals surface area (Å²) in [7, 11) is 0. The maximum absolute atomic E-state index is 11.3. The lowest BCUT2D eigenvalue weighted by molar-refractivity contribution is -0.0595. The van der Waals surface area contributed by atoms with Gasteiger partial charge >= 0.3 is 0 Å². The summed E-state index contributed by atoms with van der Waals surface area (Å²) in [4.78, 5) is 2.63. The van der Waals surface area contributed by atoms with Crippen molar-refractivity contribution in [1.29, 1.82) is 0 Å². The molecule has 0 radical (unpaired) electrons. The highest BCUT2D eigenvalue weighted by atomic mass is 16.3. The van der Waals surface area contributed by atoms with Gasteiger partial charge in [-0.05, 0) is 48.8 Å². The molecule has 2 nitrogen and oxygen atoms in total. The van der Waals surface area contributed by atoms with Crippen molar-refractivity contribution < 1.29 is 5.11 Å². The predicted octanol–water partition coefficient (Wildman–Crippen LogP) is 4.26. The molecule has 1 N–H and O–H groups in total. The van der Waals surface area contributed by atoms with E-state index in [1.807, 2.05) is 0 Å². The second-order valence-electron chi connectivity index (χ2n) is 7.53. The van der Waals surface area contributed by atoms with Gasteiger partial charge in [0.25, 0.3) is 0 Å². The Morgan fingerprint density at radius 3 is 2.12 bits per heavy atom. The number of benzene rings is 2. The molecule has 0 aromatic heterocycles. The summed E-state index contributed by atoms with van der Waals surface area (Å²) in [5, 5.41) is 11.3. The Morgan fingerprint density at radius 1 is 0.917 bits per heavy atom. The lowest BCUT2D eigenvalue weighted by atomic mass is 9.80. The van der Waals surface area contributed by atoms with E-state index in [-0.39, 0.29) is 0 Å². The first-order valence-corrected chi connectivity index (χ1v) is 9.29. The van der Waals surface area contributed by atoms with Crippen LogP contribution in [0.15, 0.2) is 54.6 Å². The average Bonchev–Trinajstić information content (AvgIpc) is 2.86. The monoisotopic (exact) mass is 321 g/mol. The van der Waals surface area contributed by atoms with E-state index in [0.717, 1.165) is 31.4 Å². The zero-order valence-corrected chi connectivity index (χ0v) is 14.5. The number of rotatable bonds is 4. The second kappa shape index (κ2) is 6.34. The first kappa shape index (κ1) is 15.9. The number of hydrogen-bond acceptors (Lipinski definition) is 2. The molecule has 2 aromatic rings. The Labute approximate surface area is 145 Å². The fourth-order valence-corrected chi connectivity index (χ4v) is 4.65. The van der Waals surface area contributed by atoms with Crippen LogP contribution in [0.25, 0.3) is 0 Å². The van der Waals surface area contributed by atoms with E-state index in [0.29, 0.717) is 12.1 Å². The van der Waals surface area contributed by atoms with E-state index in [1.165, 1.54) is 24.0 Å². The summed E-state index contributed by atoms with van der Waals surface area (Å²) in [5.74, 6) is 0. The first-order valence-electron chi connectivity index (χ1n) is 9.29. The molecule has 4 rings (SSSR count). The summed E-state index contributed by atoms with van der Waals surface area (Å²) in [5.41, 5.74) is 3.18. The minimum Gasteiger partial charge on any atom is -0.385 e. The molecule has 0 spiro atoms. The number of aryl methyl sites for hydroxylation is 1. The molecule has 2 fully saturated rings. The van der Waals surface area contributed by atoms with Crippen molar-refractivity contribution in [2.45, 2.75) is 63.3 Å². The molecule has 0 saturated carbocycles. The number of fused-ring (bicyclic) bond motifs is 2. The minimum absolute atomic E-state index is 0.500. The van der Waals surface area contributed by atoms with E-state index >= 15 is 0 Å². The van der Waals surface area contributed by atoms with Gasteiger partial charge in [-0.3, -0.25) is 4.90 Å². The van der Waals surface area contributed by atoms with Crippen molar-refractivity contribution >= 4 is 0 Å². The van der Waals surface area contributed by atoms with Crippen LogP contribution in [-0.4, -0.2) is 22.1 Å². The molecule has 0 aliphatic carbocycles. The van der Waals surface area contributed by atoms with Gasteiger partial charge < -0.3 is 5.11 Å². The van der Waals surface area contributed by atoms with Crippen LogP contribution in [0.4, 0.5) is 0 Å². The molecule has 0 amide bonds. The van der Waals surface area contributed by atoms with Crippen LogP contribution >= 0.6 is 0 Å². The summed E-state index contributed by atoms with van der Waals surface area (Å²) < 4.78 is 0. The third kappa shape index (κ3) is 2.89. The summed E-state index contributed by atoms with van der Waals surface area (Å²) in [6.07, 6.45) is 5.21. The maximum atomic E-state index is 11.3. The number of nitrogens with zero attached hydrogens (tertiary/aromatic N) is 1. The van der Waals surface area contributed by atoms with Gasteiger partial charge in [-0.1, -0.05) is 61.5 Å². The number of piperidine rings is 1. The van der Waals surface area contributed by atoms with E-state index < -0.39 is 5.60 Å². The highest BCUT2D eigenvalue weighted by molar-refractivity contribution is 5.29. The normalized spacial score (nSPS) is 29.8. The smallest absolute Gasteiger partial charge is 0.0926 e. The van der Waals surface area contributed by atoms with Gasteiger partial charge in [0.05, 0.1) is 5.60 Å². The van der Waals surface area contributed by atoms with E-state index in [2.05, 4.69) is 66.4 Å². The molecule has 2 bridgehead atoms. The lowest BCUT2D eigenvalue weighted by Gasteiger charge is -2.44. The summed E-state index contributed by atoms with van der Waals surface area (Å²) in [6.45, 7) is 3.19. The van der Waals surface area contributed by atoms with Crippen LogP contribution in [0.3, 0.4) is 0 Å². The molecule has 2 atom stereocenters. The standard InChI is InChI=1S/C22H27NO/c1-2-17-8-10-19(11-9-17)22(24)14-20-12-13-21(15-22)23(20)16-18-6-4-3-5-7-18/h3-11,20-21,24H,2,12-16H2,1H3. The molecule has 2 saturated heterocycles. The van der Waals surface area contributed by atoms with Crippen molar-refractivity contribution in [1.82, 2.24) is 4.90 Å². The van der Waals surface area contributed by atoms with Crippen LogP contribution < -0.4 is 0 Å². The Morgan fingerprint density at radius 2 is 1.54 bits per heavy atom. The summed E-state index contributed by atoms with van der Waals surface area (Å²) >= 11 is 0. The molecule has 126 valence electrons. The van der Waals surface area contributed by atoms with Gasteiger partial charge in [0.2, 0.25) is 0 Å². The molecule has 2 unspecified atom stereocenters. The van der Waals surface area contributed by atoms with Gasteiger partial charge in [0.15, 0.2) is 0 Å². The van der Waals surface area contributed by atoms with E-state index in [4.69, 9.17) is 0 Å². The Kier molecular flexibility index (Phi) is 4.19. The van der Waals surface area contributed by atoms with Crippen LogP contribution in [0.2, 0.25) is 0 Å². The lowest BCUT2D eigenvalue weighted by Crippen LogP contribution is -2.49. The van der Waals surface area contributed by atoms with Crippen molar-refractivity contribution in [2.24, 2.45) is 0 Å². The van der Waals surface area contributed by atoms with E-state index in [9.17, 15) is 5.11 Å². The zero-order valence-electron chi connectivity index (χ0n) is 14.5. The molecular formula is C22H27NO. The Balaban J connectivity index is 1.52.